The van der Waals surface area contributed by atoms with Gasteiger partial charge in [0, 0.05) is 24.2 Å². The number of benzene rings is 1. The highest BCUT2D eigenvalue weighted by Crippen LogP contribution is 2.38. The molecule has 0 spiro atoms. The van der Waals surface area contributed by atoms with Crippen LogP contribution in [0.4, 0.5) is 5.69 Å². The van der Waals surface area contributed by atoms with Crippen molar-refractivity contribution in [1.29, 1.82) is 0 Å². The Bertz CT molecular complexity index is 648. The average Bonchev–Trinajstić information content (AvgIpc) is 2.79. The van der Waals surface area contributed by atoms with Crippen LogP contribution in [0.1, 0.15) is 25.1 Å². The minimum absolute atomic E-state index is 0.0518. The summed E-state index contributed by atoms with van der Waals surface area (Å²) in [6, 6.07) is 8.59. The Hall–Kier alpha value is -1.90. The van der Waals surface area contributed by atoms with E-state index < -0.39 is 0 Å². The molecule has 0 fully saturated rings. The quantitative estimate of drug-likeness (QED) is 0.750. The van der Waals surface area contributed by atoms with E-state index in [1.54, 1.807) is 0 Å². The summed E-state index contributed by atoms with van der Waals surface area (Å²) in [7, 11) is 1.97. The Morgan fingerprint density at radius 2 is 1.94 bits per heavy atom. The number of fused-ring (bicyclic) bond motifs is 1. The van der Waals surface area contributed by atoms with Crippen molar-refractivity contribution < 1.29 is 0 Å². The molecule has 3 heteroatoms. The topological polar surface area (TPSA) is 30.2 Å². The van der Waals surface area contributed by atoms with E-state index in [2.05, 4.69) is 48.2 Å². The fraction of sp³-hybridized carbons (Fsp3) is 0.333. The number of rotatable bonds is 1. The van der Waals surface area contributed by atoms with Crippen LogP contribution < -0.4 is 0 Å². The van der Waals surface area contributed by atoms with Gasteiger partial charge in [0.25, 0.3) is 0 Å². The van der Waals surface area contributed by atoms with Gasteiger partial charge in [0.1, 0.15) is 0 Å². The molecule has 92 valence electrons. The Morgan fingerprint density at radius 3 is 2.61 bits per heavy atom. The second kappa shape index (κ2) is 3.55. The van der Waals surface area contributed by atoms with Crippen LogP contribution in [-0.4, -0.2) is 16.0 Å². The van der Waals surface area contributed by atoms with Gasteiger partial charge in [-0.05, 0) is 24.6 Å². The van der Waals surface area contributed by atoms with Gasteiger partial charge < -0.3 is 0 Å². The fourth-order valence-electron chi connectivity index (χ4n) is 2.52. The van der Waals surface area contributed by atoms with E-state index in [1.165, 1.54) is 11.1 Å². The number of aromatic nitrogens is 2. The second-order valence-corrected chi connectivity index (χ2v) is 5.51. The van der Waals surface area contributed by atoms with E-state index in [-0.39, 0.29) is 5.41 Å². The van der Waals surface area contributed by atoms with Crippen LogP contribution >= 0.6 is 0 Å². The summed E-state index contributed by atoms with van der Waals surface area (Å²) in [5.74, 6) is 0. The molecule has 0 bridgehead atoms. The van der Waals surface area contributed by atoms with Crippen molar-refractivity contribution in [2.75, 3.05) is 0 Å². The molecule has 1 aromatic carbocycles. The number of hydrogen-bond donors (Lipinski definition) is 0. The molecule has 0 aliphatic carbocycles. The molecule has 3 nitrogen and oxygen atoms in total. The molecular formula is C15H17N3. The van der Waals surface area contributed by atoms with Gasteiger partial charge in [-0.25, -0.2) is 0 Å². The van der Waals surface area contributed by atoms with Crippen LogP contribution in [-0.2, 0) is 12.5 Å². The summed E-state index contributed by atoms with van der Waals surface area (Å²) in [4.78, 5) is 4.52. The smallest absolute Gasteiger partial charge is 0.0682 e. The van der Waals surface area contributed by atoms with Gasteiger partial charge in [0.05, 0.1) is 17.1 Å². The molecular weight excluding hydrogens is 222 g/mol. The largest absolute Gasteiger partial charge is 0.268 e. The van der Waals surface area contributed by atoms with E-state index in [4.69, 9.17) is 0 Å². The van der Waals surface area contributed by atoms with Gasteiger partial charge >= 0.3 is 0 Å². The van der Waals surface area contributed by atoms with E-state index in [0.29, 0.717) is 0 Å². The standard InChI is InChI=1S/C15H17N3/c1-10-7-14(18(4)17-10)11-5-6-12-13(8-11)16-9-15(12,2)3/h5-9H,1-4H3. The Balaban J connectivity index is 2.12. The first-order valence-electron chi connectivity index (χ1n) is 6.18. The summed E-state index contributed by atoms with van der Waals surface area (Å²) in [6.45, 7) is 6.39. The van der Waals surface area contributed by atoms with Gasteiger partial charge in [-0.15, -0.1) is 0 Å². The summed E-state index contributed by atoms with van der Waals surface area (Å²) >= 11 is 0. The first-order valence-corrected chi connectivity index (χ1v) is 6.18. The van der Waals surface area contributed by atoms with E-state index >= 15 is 0 Å². The molecule has 0 atom stereocenters. The maximum Gasteiger partial charge on any atom is 0.0682 e. The first-order chi connectivity index (χ1) is 8.47. The summed E-state index contributed by atoms with van der Waals surface area (Å²) in [5.41, 5.74) is 5.77. The van der Waals surface area contributed by atoms with Crippen LogP contribution in [0.2, 0.25) is 0 Å². The maximum atomic E-state index is 4.52. The molecule has 1 aliphatic rings. The predicted molar refractivity (Wildman–Crippen MR) is 74.6 cm³/mol. The average molecular weight is 239 g/mol. The minimum atomic E-state index is 0.0518. The third-order valence-corrected chi connectivity index (χ3v) is 3.52. The van der Waals surface area contributed by atoms with Gasteiger partial charge in [0.2, 0.25) is 0 Å². The zero-order valence-electron chi connectivity index (χ0n) is 11.2. The third-order valence-electron chi connectivity index (χ3n) is 3.52. The van der Waals surface area contributed by atoms with Crippen molar-refractivity contribution in [2.24, 2.45) is 12.0 Å². The van der Waals surface area contributed by atoms with Crippen LogP contribution in [0.15, 0.2) is 29.3 Å². The highest BCUT2D eigenvalue weighted by molar-refractivity contribution is 5.86. The van der Waals surface area contributed by atoms with Crippen molar-refractivity contribution in [2.45, 2.75) is 26.2 Å². The lowest BCUT2D eigenvalue weighted by molar-refractivity contribution is 0.752. The SMILES string of the molecule is Cc1cc(-c2ccc3c(c2)N=CC3(C)C)n(C)n1. The molecule has 1 aliphatic heterocycles. The van der Waals surface area contributed by atoms with Crippen molar-refractivity contribution in [1.82, 2.24) is 9.78 Å². The van der Waals surface area contributed by atoms with Crippen molar-refractivity contribution in [3.63, 3.8) is 0 Å². The molecule has 2 heterocycles. The lowest BCUT2D eigenvalue weighted by Crippen LogP contribution is -2.14. The lowest BCUT2D eigenvalue weighted by atomic mass is 9.86. The molecule has 3 rings (SSSR count). The Kier molecular flexibility index (Phi) is 2.21. The highest BCUT2D eigenvalue weighted by Gasteiger charge is 2.26. The van der Waals surface area contributed by atoms with E-state index in [9.17, 15) is 0 Å². The monoisotopic (exact) mass is 239 g/mol. The zero-order valence-corrected chi connectivity index (χ0v) is 11.2. The first kappa shape index (κ1) is 11.2. The lowest BCUT2D eigenvalue weighted by Gasteiger charge is -2.15. The van der Waals surface area contributed by atoms with Crippen LogP contribution in [0.3, 0.4) is 0 Å². The number of hydrogen-bond acceptors (Lipinski definition) is 2. The summed E-state index contributed by atoms with van der Waals surface area (Å²) in [5, 5.41) is 4.39. The number of aliphatic imine (C=N–C) groups is 1. The van der Waals surface area contributed by atoms with E-state index in [1.807, 2.05) is 24.9 Å². The van der Waals surface area contributed by atoms with Gasteiger partial charge in [-0.1, -0.05) is 26.0 Å². The van der Waals surface area contributed by atoms with Crippen molar-refractivity contribution >= 4 is 11.9 Å². The van der Waals surface area contributed by atoms with Crippen molar-refractivity contribution in [3.8, 4) is 11.3 Å². The normalized spacial score (nSPS) is 16.0. The van der Waals surface area contributed by atoms with Crippen LogP contribution in [0.5, 0.6) is 0 Å². The number of aryl methyl sites for hydroxylation is 2. The van der Waals surface area contributed by atoms with Gasteiger partial charge in [0.15, 0.2) is 0 Å². The van der Waals surface area contributed by atoms with Crippen molar-refractivity contribution in [3.05, 3.63) is 35.5 Å². The predicted octanol–water partition coefficient (Wildman–Crippen LogP) is 3.39. The highest BCUT2D eigenvalue weighted by atomic mass is 15.3. The molecule has 18 heavy (non-hydrogen) atoms. The molecule has 0 saturated carbocycles. The molecule has 0 amide bonds. The summed E-state index contributed by atoms with van der Waals surface area (Å²) < 4.78 is 1.92. The second-order valence-electron chi connectivity index (χ2n) is 5.51. The zero-order chi connectivity index (χ0) is 12.9. The fourth-order valence-corrected chi connectivity index (χ4v) is 2.52. The molecule has 0 saturated heterocycles. The molecule has 0 N–H and O–H groups in total. The Morgan fingerprint density at radius 1 is 1.17 bits per heavy atom. The third kappa shape index (κ3) is 1.58. The number of nitrogens with zero attached hydrogens (tertiary/aromatic N) is 3. The molecule has 2 aromatic rings. The molecule has 0 radical (unpaired) electrons. The van der Waals surface area contributed by atoms with Gasteiger partial charge in [-0.3, -0.25) is 9.67 Å². The van der Waals surface area contributed by atoms with Crippen LogP contribution in [0.25, 0.3) is 11.3 Å². The minimum Gasteiger partial charge on any atom is -0.268 e. The maximum absolute atomic E-state index is 4.52. The molecule has 0 unspecified atom stereocenters. The van der Waals surface area contributed by atoms with E-state index in [0.717, 1.165) is 17.1 Å². The summed E-state index contributed by atoms with van der Waals surface area (Å²) in [6.07, 6.45) is 2.02. The Labute approximate surface area is 107 Å². The van der Waals surface area contributed by atoms with Gasteiger partial charge in [-0.2, -0.15) is 5.10 Å². The molecule has 1 aromatic heterocycles. The van der Waals surface area contributed by atoms with Crippen LogP contribution in [0, 0.1) is 6.92 Å².